The summed E-state index contributed by atoms with van der Waals surface area (Å²) in [6, 6.07) is 70.8. The summed E-state index contributed by atoms with van der Waals surface area (Å²) in [5.74, 6) is 0. The minimum absolute atomic E-state index is 0.0178. The lowest BCUT2D eigenvalue weighted by atomic mass is 9.70. The summed E-state index contributed by atoms with van der Waals surface area (Å²) < 4.78 is 4.44. The molecule has 0 unspecified atom stereocenters. The third-order valence-electron chi connectivity index (χ3n) is 13.7. The number of hydrogen-bond acceptors (Lipinski definition) is 1. The summed E-state index contributed by atoms with van der Waals surface area (Å²) in [5.41, 5.74) is 17.3. The van der Waals surface area contributed by atoms with Crippen molar-refractivity contribution in [1.29, 1.82) is 0 Å². The summed E-state index contributed by atoms with van der Waals surface area (Å²) in [6.45, 7) is 0. The van der Waals surface area contributed by atoms with Crippen LogP contribution in [-0.2, 0) is 5.41 Å². The average Bonchev–Trinajstić information content (AvgIpc) is 4.00. The second-order valence-corrected chi connectivity index (χ2v) is 16.3. The molecule has 59 heavy (non-hydrogen) atoms. The number of aromatic nitrogens is 2. The average molecular weight is 749 g/mol. The highest BCUT2D eigenvalue weighted by atomic mass is 16.1. The van der Waals surface area contributed by atoms with Gasteiger partial charge in [0, 0.05) is 38.0 Å². The summed E-state index contributed by atoms with van der Waals surface area (Å²) in [7, 11) is 0. The van der Waals surface area contributed by atoms with Crippen molar-refractivity contribution in [1.82, 2.24) is 8.97 Å². The molecule has 0 bridgehead atoms. The van der Waals surface area contributed by atoms with Crippen molar-refractivity contribution in [2.75, 3.05) is 0 Å². The Balaban J connectivity index is 1.23. The van der Waals surface area contributed by atoms with Gasteiger partial charge in [-0.25, -0.2) is 0 Å². The molecule has 3 heteroatoms. The molecular weight excluding hydrogens is 717 g/mol. The van der Waals surface area contributed by atoms with Crippen molar-refractivity contribution in [3.63, 3.8) is 0 Å². The van der Waals surface area contributed by atoms with Crippen LogP contribution >= 0.6 is 0 Å². The van der Waals surface area contributed by atoms with Crippen LogP contribution in [0.3, 0.4) is 0 Å². The third kappa shape index (κ3) is 3.68. The molecule has 0 N–H and O–H groups in total. The van der Waals surface area contributed by atoms with Crippen LogP contribution in [0.15, 0.2) is 199 Å². The topological polar surface area (TPSA) is 26.4 Å². The van der Waals surface area contributed by atoms with Gasteiger partial charge in [0.1, 0.15) is 0 Å². The molecule has 2 aliphatic carbocycles. The molecule has 3 nitrogen and oxygen atoms in total. The van der Waals surface area contributed by atoms with Gasteiger partial charge < -0.3 is 4.57 Å². The van der Waals surface area contributed by atoms with E-state index in [-0.39, 0.29) is 5.56 Å². The van der Waals surface area contributed by atoms with Gasteiger partial charge in [-0.3, -0.25) is 9.20 Å². The minimum atomic E-state index is -0.549. The number of fused-ring (bicyclic) bond motifs is 18. The van der Waals surface area contributed by atoms with E-state index in [4.69, 9.17) is 0 Å². The van der Waals surface area contributed by atoms with E-state index < -0.39 is 5.41 Å². The van der Waals surface area contributed by atoms with E-state index in [0.29, 0.717) is 0 Å². The molecule has 0 amide bonds. The van der Waals surface area contributed by atoms with Crippen LogP contribution in [0, 0.1) is 0 Å². The Morgan fingerprint density at radius 2 is 0.847 bits per heavy atom. The van der Waals surface area contributed by atoms with Crippen molar-refractivity contribution < 1.29 is 0 Å². The zero-order valence-corrected chi connectivity index (χ0v) is 31.8. The number of pyridine rings is 1. The fraction of sp³-hybridized carbons (Fsp3) is 0.0179. The van der Waals surface area contributed by atoms with E-state index in [0.717, 1.165) is 54.8 Å². The van der Waals surface area contributed by atoms with E-state index >= 15 is 0 Å². The van der Waals surface area contributed by atoms with Gasteiger partial charge in [0.15, 0.2) is 0 Å². The molecule has 0 radical (unpaired) electrons. The number of hydrogen-bond donors (Lipinski definition) is 0. The maximum absolute atomic E-state index is 14.6. The molecule has 0 saturated carbocycles. The summed E-state index contributed by atoms with van der Waals surface area (Å²) >= 11 is 0. The molecule has 14 rings (SSSR count). The Labute approximate surface area is 338 Å². The van der Waals surface area contributed by atoms with Crippen LogP contribution in [0.4, 0.5) is 0 Å². The minimum Gasteiger partial charge on any atom is -0.309 e. The summed E-state index contributed by atoms with van der Waals surface area (Å²) in [5, 5.41) is 7.43. The molecule has 3 heterocycles. The van der Waals surface area contributed by atoms with Crippen molar-refractivity contribution >= 4 is 59.8 Å². The smallest absolute Gasteiger partial charge is 0.263 e. The van der Waals surface area contributed by atoms with Crippen molar-refractivity contribution in [3.8, 4) is 39.1 Å². The second-order valence-electron chi connectivity index (χ2n) is 16.3. The van der Waals surface area contributed by atoms with Crippen molar-refractivity contribution in [2.45, 2.75) is 5.41 Å². The van der Waals surface area contributed by atoms with Crippen LogP contribution in [0.5, 0.6) is 0 Å². The first kappa shape index (κ1) is 31.3. The first-order valence-electron chi connectivity index (χ1n) is 20.4. The van der Waals surface area contributed by atoms with Gasteiger partial charge in [-0.1, -0.05) is 158 Å². The van der Waals surface area contributed by atoms with Crippen LogP contribution in [-0.4, -0.2) is 8.97 Å². The number of para-hydroxylation sites is 3. The van der Waals surface area contributed by atoms with Crippen LogP contribution in [0.25, 0.3) is 98.8 Å². The molecule has 3 aromatic heterocycles. The molecule has 0 aliphatic heterocycles. The molecule has 12 aromatic rings. The van der Waals surface area contributed by atoms with E-state index in [9.17, 15) is 4.79 Å². The standard InChI is InChI=1S/C56H32N2O/c59-55-42-21-2-1-20-39(42)53-40(29-30-41-38-19-8-14-28-51(38)58(55)54(41)53)44-31-33(57-49-26-12-6-17-36(49)37-18-7-13-27-50(37)57)32-48-52(44)43-22-5-11-25-47(43)56(48)45-23-9-3-15-34(45)35-16-4-10-24-46(35)56/h1-32H. The molecule has 272 valence electrons. The van der Waals surface area contributed by atoms with Crippen molar-refractivity contribution in [2.24, 2.45) is 0 Å². The molecule has 2 aliphatic rings. The van der Waals surface area contributed by atoms with Gasteiger partial charge in [0.2, 0.25) is 0 Å². The maximum Gasteiger partial charge on any atom is 0.263 e. The van der Waals surface area contributed by atoms with Gasteiger partial charge in [-0.05, 0) is 97.4 Å². The lowest BCUT2D eigenvalue weighted by Crippen LogP contribution is -2.26. The van der Waals surface area contributed by atoms with E-state index in [1.165, 1.54) is 66.3 Å². The van der Waals surface area contributed by atoms with E-state index in [2.05, 4.69) is 180 Å². The molecule has 0 fully saturated rings. The maximum atomic E-state index is 14.6. The lowest BCUT2D eigenvalue weighted by molar-refractivity contribution is 0.793. The molecule has 1 spiro atoms. The zero-order valence-electron chi connectivity index (χ0n) is 31.8. The Morgan fingerprint density at radius 3 is 1.49 bits per heavy atom. The van der Waals surface area contributed by atoms with Gasteiger partial charge >= 0.3 is 0 Å². The van der Waals surface area contributed by atoms with E-state index in [1.54, 1.807) is 0 Å². The Bertz CT molecular complexity index is 3780. The highest BCUT2D eigenvalue weighted by Crippen LogP contribution is 2.64. The number of nitrogens with zero attached hydrogens (tertiary/aromatic N) is 2. The fourth-order valence-corrected chi connectivity index (χ4v) is 11.5. The molecule has 0 saturated heterocycles. The van der Waals surface area contributed by atoms with Gasteiger partial charge in [0.05, 0.1) is 27.5 Å². The van der Waals surface area contributed by atoms with Gasteiger partial charge in [-0.2, -0.15) is 0 Å². The SMILES string of the molecule is O=c1c2ccccc2c2c(-c3cc(-n4c5ccccc5c5ccccc54)cc4c3-c3ccccc3C43c4ccccc4-c4ccccc43)ccc3c4ccccc4n1c32. The van der Waals surface area contributed by atoms with E-state index in [1.807, 2.05) is 22.6 Å². The van der Waals surface area contributed by atoms with Crippen LogP contribution in [0.2, 0.25) is 0 Å². The second kappa shape index (κ2) is 11.0. The Kier molecular flexibility index (Phi) is 5.85. The monoisotopic (exact) mass is 748 g/mol. The highest BCUT2D eigenvalue weighted by molar-refractivity contribution is 6.25. The van der Waals surface area contributed by atoms with Crippen LogP contribution in [0.1, 0.15) is 22.3 Å². The predicted octanol–water partition coefficient (Wildman–Crippen LogP) is 13.3. The van der Waals surface area contributed by atoms with Crippen LogP contribution < -0.4 is 5.56 Å². The number of rotatable bonds is 2. The fourth-order valence-electron chi connectivity index (χ4n) is 11.5. The first-order chi connectivity index (χ1) is 29.2. The molecule has 9 aromatic carbocycles. The van der Waals surface area contributed by atoms with Crippen molar-refractivity contribution in [3.05, 3.63) is 227 Å². The normalized spacial score (nSPS) is 13.6. The zero-order chi connectivity index (χ0) is 38.6. The third-order valence-corrected chi connectivity index (χ3v) is 13.7. The highest BCUT2D eigenvalue weighted by Gasteiger charge is 2.52. The molecule has 0 atom stereocenters. The largest absolute Gasteiger partial charge is 0.309 e. The van der Waals surface area contributed by atoms with Gasteiger partial charge in [-0.15, -0.1) is 0 Å². The summed E-state index contributed by atoms with van der Waals surface area (Å²) in [4.78, 5) is 14.6. The quantitative estimate of drug-likeness (QED) is 0.162. The first-order valence-corrected chi connectivity index (χ1v) is 20.4. The predicted molar refractivity (Wildman–Crippen MR) is 243 cm³/mol. The van der Waals surface area contributed by atoms with Gasteiger partial charge in [0.25, 0.3) is 5.56 Å². The summed E-state index contributed by atoms with van der Waals surface area (Å²) in [6.07, 6.45) is 0. The Hall–Kier alpha value is -7.75. The molecular formula is C56H32N2O. The number of benzene rings is 9. The Morgan fingerprint density at radius 1 is 0.356 bits per heavy atom. The lowest BCUT2D eigenvalue weighted by Gasteiger charge is -2.31.